The van der Waals surface area contributed by atoms with Gasteiger partial charge >= 0.3 is 5.76 Å². The Bertz CT molecular complexity index is 841. The van der Waals surface area contributed by atoms with Crippen LogP contribution in [-0.2, 0) is 16.7 Å². The molecule has 126 valence electrons. The number of hydrogen-bond acceptors (Lipinski definition) is 4. The molecule has 1 aromatic heterocycles. The van der Waals surface area contributed by atoms with Crippen molar-refractivity contribution in [2.24, 2.45) is 10.9 Å². The van der Waals surface area contributed by atoms with E-state index in [1.807, 2.05) is 24.4 Å². The SMILES string of the molecule is CCc1cc2[nH]c(=O)oc2cc1C1(CC2CCCOC2)C=CC=N1. The molecule has 0 bridgehead atoms. The maximum absolute atomic E-state index is 11.5. The van der Waals surface area contributed by atoms with Gasteiger partial charge in [-0.15, -0.1) is 0 Å². The molecule has 2 aliphatic heterocycles. The standard InChI is InChI=1S/C19H22N2O3/c1-2-14-9-16-17(24-18(22)21-16)10-15(14)19(6-4-7-20-19)11-13-5-3-8-23-12-13/h4,6-7,9-10,13H,2-3,5,8,11-12H2,1H3,(H,21,22). The Balaban J connectivity index is 1.80. The van der Waals surface area contributed by atoms with Gasteiger partial charge in [0.25, 0.3) is 0 Å². The van der Waals surface area contributed by atoms with E-state index in [1.165, 1.54) is 12.0 Å². The van der Waals surface area contributed by atoms with Crippen molar-refractivity contribution in [2.45, 2.75) is 38.1 Å². The molecule has 0 radical (unpaired) electrons. The van der Waals surface area contributed by atoms with Crippen LogP contribution in [0.25, 0.3) is 11.1 Å². The second-order valence-electron chi connectivity index (χ2n) is 6.72. The lowest BCUT2D eigenvalue weighted by Gasteiger charge is -2.33. The summed E-state index contributed by atoms with van der Waals surface area (Å²) in [4.78, 5) is 19.1. The van der Waals surface area contributed by atoms with Crippen molar-refractivity contribution in [3.8, 4) is 0 Å². The lowest BCUT2D eigenvalue weighted by molar-refractivity contribution is 0.0454. The average Bonchev–Trinajstić information content (AvgIpc) is 3.20. The highest BCUT2D eigenvalue weighted by Gasteiger charge is 2.36. The summed E-state index contributed by atoms with van der Waals surface area (Å²) < 4.78 is 11.0. The maximum atomic E-state index is 11.5. The van der Waals surface area contributed by atoms with E-state index in [9.17, 15) is 4.79 Å². The Morgan fingerprint density at radius 3 is 3.04 bits per heavy atom. The number of aromatic nitrogens is 1. The first-order valence-corrected chi connectivity index (χ1v) is 8.67. The molecule has 5 nitrogen and oxygen atoms in total. The van der Waals surface area contributed by atoms with Crippen molar-refractivity contribution < 1.29 is 9.15 Å². The van der Waals surface area contributed by atoms with E-state index in [1.54, 1.807) is 0 Å². The summed E-state index contributed by atoms with van der Waals surface area (Å²) in [6, 6.07) is 4.01. The van der Waals surface area contributed by atoms with Gasteiger partial charge in [-0.25, -0.2) is 4.79 Å². The number of nitrogens with one attached hydrogen (secondary N) is 1. The van der Waals surface area contributed by atoms with Crippen molar-refractivity contribution in [2.75, 3.05) is 13.2 Å². The Morgan fingerprint density at radius 2 is 2.33 bits per heavy atom. The number of aromatic amines is 1. The van der Waals surface area contributed by atoms with Crippen molar-refractivity contribution in [3.63, 3.8) is 0 Å². The number of aryl methyl sites for hydroxylation is 1. The van der Waals surface area contributed by atoms with Gasteiger partial charge in [-0.1, -0.05) is 13.0 Å². The lowest BCUT2D eigenvalue weighted by atomic mass is 9.78. The van der Waals surface area contributed by atoms with Crippen LogP contribution in [0, 0.1) is 5.92 Å². The van der Waals surface area contributed by atoms with Crippen LogP contribution in [0.1, 0.15) is 37.3 Å². The van der Waals surface area contributed by atoms with E-state index in [0.29, 0.717) is 11.5 Å². The summed E-state index contributed by atoms with van der Waals surface area (Å²) in [7, 11) is 0. The number of rotatable bonds is 4. The number of benzene rings is 1. The molecule has 0 amide bonds. The third kappa shape index (κ3) is 2.63. The predicted molar refractivity (Wildman–Crippen MR) is 93.7 cm³/mol. The van der Waals surface area contributed by atoms with Crippen molar-refractivity contribution >= 4 is 17.3 Å². The number of allylic oxidation sites excluding steroid dienone is 1. The zero-order chi connectivity index (χ0) is 16.6. The predicted octanol–water partition coefficient (Wildman–Crippen LogP) is 3.34. The molecule has 0 saturated carbocycles. The van der Waals surface area contributed by atoms with Gasteiger partial charge in [0.15, 0.2) is 5.58 Å². The summed E-state index contributed by atoms with van der Waals surface area (Å²) in [5.74, 6) is 0.0849. The van der Waals surface area contributed by atoms with Crippen molar-refractivity contribution in [1.29, 1.82) is 0 Å². The highest BCUT2D eigenvalue weighted by Crippen LogP contribution is 2.41. The summed E-state index contributed by atoms with van der Waals surface area (Å²) in [5.41, 5.74) is 3.31. The van der Waals surface area contributed by atoms with Crippen LogP contribution in [0.4, 0.5) is 0 Å². The van der Waals surface area contributed by atoms with Crippen LogP contribution in [0.15, 0.2) is 38.5 Å². The van der Waals surface area contributed by atoms with E-state index in [0.717, 1.165) is 43.6 Å². The topological polar surface area (TPSA) is 67.6 Å². The third-order valence-electron chi connectivity index (χ3n) is 5.11. The number of fused-ring (bicyclic) bond motifs is 1. The highest BCUT2D eigenvalue weighted by atomic mass is 16.5. The van der Waals surface area contributed by atoms with Gasteiger partial charge in [-0.3, -0.25) is 9.98 Å². The summed E-state index contributed by atoms with van der Waals surface area (Å²) in [6.07, 6.45) is 10.2. The first-order valence-electron chi connectivity index (χ1n) is 8.67. The van der Waals surface area contributed by atoms with Gasteiger partial charge in [-0.05, 0) is 60.9 Å². The minimum absolute atomic E-state index is 0.374. The Morgan fingerprint density at radius 1 is 1.42 bits per heavy atom. The molecule has 2 unspecified atom stereocenters. The zero-order valence-electron chi connectivity index (χ0n) is 13.9. The number of ether oxygens (including phenoxy) is 1. The largest absolute Gasteiger partial charge is 0.417 e. The minimum Gasteiger partial charge on any atom is -0.408 e. The smallest absolute Gasteiger partial charge is 0.408 e. The van der Waals surface area contributed by atoms with E-state index in [-0.39, 0.29) is 5.54 Å². The van der Waals surface area contributed by atoms with Crippen LogP contribution in [0.5, 0.6) is 0 Å². The molecule has 1 fully saturated rings. The van der Waals surface area contributed by atoms with Crippen LogP contribution >= 0.6 is 0 Å². The molecule has 0 aliphatic carbocycles. The molecule has 5 heteroatoms. The van der Waals surface area contributed by atoms with Gasteiger partial charge in [0.2, 0.25) is 0 Å². The molecular weight excluding hydrogens is 304 g/mol. The van der Waals surface area contributed by atoms with E-state index >= 15 is 0 Å². The monoisotopic (exact) mass is 326 g/mol. The fourth-order valence-electron chi connectivity index (χ4n) is 3.96. The normalized spacial score (nSPS) is 26.5. The third-order valence-corrected chi connectivity index (χ3v) is 5.11. The quantitative estimate of drug-likeness (QED) is 0.937. The van der Waals surface area contributed by atoms with Crippen LogP contribution in [-0.4, -0.2) is 24.4 Å². The number of oxazole rings is 1. The molecule has 2 atom stereocenters. The van der Waals surface area contributed by atoms with Gasteiger partial charge < -0.3 is 9.15 Å². The second-order valence-corrected chi connectivity index (χ2v) is 6.72. The van der Waals surface area contributed by atoms with E-state index in [4.69, 9.17) is 14.1 Å². The fraction of sp³-hybridized carbons (Fsp3) is 0.474. The minimum atomic E-state index is -0.413. The van der Waals surface area contributed by atoms with Crippen LogP contribution in [0.2, 0.25) is 0 Å². The molecule has 1 aromatic carbocycles. The van der Waals surface area contributed by atoms with E-state index < -0.39 is 5.76 Å². The maximum Gasteiger partial charge on any atom is 0.417 e. The van der Waals surface area contributed by atoms with Crippen molar-refractivity contribution in [1.82, 2.24) is 4.98 Å². The zero-order valence-corrected chi connectivity index (χ0v) is 13.9. The lowest BCUT2D eigenvalue weighted by Crippen LogP contribution is -2.29. The van der Waals surface area contributed by atoms with Gasteiger partial charge in [-0.2, -0.15) is 0 Å². The Kier molecular flexibility index (Phi) is 3.88. The molecule has 2 aliphatic rings. The second kappa shape index (κ2) is 6.06. The summed E-state index contributed by atoms with van der Waals surface area (Å²) >= 11 is 0. The summed E-state index contributed by atoms with van der Waals surface area (Å²) in [6.45, 7) is 3.79. The average molecular weight is 326 g/mol. The molecule has 0 spiro atoms. The molecule has 1 saturated heterocycles. The van der Waals surface area contributed by atoms with Gasteiger partial charge in [0.05, 0.1) is 5.52 Å². The Hall–Kier alpha value is -2.14. The summed E-state index contributed by atoms with van der Waals surface area (Å²) in [5, 5.41) is 0. The van der Waals surface area contributed by atoms with Crippen LogP contribution < -0.4 is 5.76 Å². The first-order chi connectivity index (χ1) is 11.7. The van der Waals surface area contributed by atoms with E-state index in [2.05, 4.69) is 18.0 Å². The van der Waals surface area contributed by atoms with Crippen LogP contribution in [0.3, 0.4) is 0 Å². The van der Waals surface area contributed by atoms with Gasteiger partial charge in [0, 0.05) is 19.4 Å². The molecular formula is C19H22N2O3. The van der Waals surface area contributed by atoms with Crippen molar-refractivity contribution in [3.05, 3.63) is 46.0 Å². The highest BCUT2D eigenvalue weighted by molar-refractivity contribution is 5.79. The Labute approximate surface area is 140 Å². The van der Waals surface area contributed by atoms with Gasteiger partial charge in [0.1, 0.15) is 5.54 Å². The number of nitrogens with zero attached hydrogens (tertiary/aromatic N) is 1. The molecule has 4 rings (SSSR count). The molecule has 1 N–H and O–H groups in total. The molecule has 3 heterocycles. The number of hydrogen-bond donors (Lipinski definition) is 1. The fourth-order valence-corrected chi connectivity index (χ4v) is 3.96. The molecule has 2 aromatic rings. The number of aliphatic imine (C=N–C) groups is 1. The first kappa shape index (κ1) is 15.4. The molecule has 24 heavy (non-hydrogen) atoms. The number of H-pyrrole nitrogens is 1.